The number of nitrogens with zero attached hydrogens (tertiary/aromatic N) is 1. The quantitative estimate of drug-likeness (QED) is 0.332. The molecule has 1 aliphatic rings. The van der Waals surface area contributed by atoms with Crippen LogP contribution in [0.5, 0.6) is 5.75 Å². The van der Waals surface area contributed by atoms with E-state index in [1.807, 2.05) is 41.8 Å². The van der Waals surface area contributed by atoms with Gasteiger partial charge in [-0.25, -0.2) is 13.2 Å². The summed E-state index contributed by atoms with van der Waals surface area (Å²) in [6.07, 6.45) is 1.59. The minimum atomic E-state index is -0.924. The molecule has 3 aromatic carbocycles. The number of ether oxygens (including phenoxy) is 2. The summed E-state index contributed by atoms with van der Waals surface area (Å²) in [4.78, 5) is 0. The van der Waals surface area contributed by atoms with E-state index in [1.165, 1.54) is 12.1 Å². The third-order valence-corrected chi connectivity index (χ3v) is 6.32. The number of hydrogen-bond acceptors (Lipinski definition) is 2. The molecular formula is C27H24F3NO2. The van der Waals surface area contributed by atoms with E-state index >= 15 is 4.39 Å². The van der Waals surface area contributed by atoms with E-state index in [1.54, 1.807) is 12.1 Å². The molecule has 0 unspecified atom stereocenters. The topological polar surface area (TPSA) is 23.4 Å². The van der Waals surface area contributed by atoms with Crippen LogP contribution >= 0.6 is 0 Å². The van der Waals surface area contributed by atoms with Crippen LogP contribution in [0.25, 0.3) is 16.6 Å². The van der Waals surface area contributed by atoms with Crippen LogP contribution in [-0.2, 0) is 11.3 Å². The zero-order valence-electron chi connectivity index (χ0n) is 18.3. The molecule has 1 aromatic heterocycles. The molecule has 0 atom stereocenters. The van der Waals surface area contributed by atoms with Gasteiger partial charge in [-0.05, 0) is 55.2 Å². The van der Waals surface area contributed by atoms with Gasteiger partial charge in [-0.2, -0.15) is 0 Å². The molecule has 2 heterocycles. The summed E-state index contributed by atoms with van der Waals surface area (Å²) in [5.41, 5.74) is 3.95. The van der Waals surface area contributed by atoms with Crippen molar-refractivity contribution in [1.29, 1.82) is 0 Å². The van der Waals surface area contributed by atoms with E-state index in [-0.39, 0.29) is 18.3 Å². The first-order valence-corrected chi connectivity index (χ1v) is 11.1. The fourth-order valence-electron chi connectivity index (χ4n) is 4.75. The van der Waals surface area contributed by atoms with Crippen molar-refractivity contribution in [3.05, 3.63) is 94.9 Å². The van der Waals surface area contributed by atoms with E-state index in [2.05, 4.69) is 0 Å². The van der Waals surface area contributed by atoms with Gasteiger partial charge < -0.3 is 14.0 Å². The van der Waals surface area contributed by atoms with Crippen LogP contribution < -0.4 is 4.74 Å². The van der Waals surface area contributed by atoms with Gasteiger partial charge in [0.2, 0.25) is 0 Å². The summed E-state index contributed by atoms with van der Waals surface area (Å²) in [7, 11) is 0. The van der Waals surface area contributed by atoms with Crippen molar-refractivity contribution in [2.24, 2.45) is 0 Å². The maximum atomic E-state index is 15.0. The Balaban J connectivity index is 1.70. The molecule has 0 bridgehead atoms. The zero-order chi connectivity index (χ0) is 22.9. The lowest BCUT2D eigenvalue weighted by molar-refractivity contribution is 0.0841. The van der Waals surface area contributed by atoms with Crippen molar-refractivity contribution in [3.63, 3.8) is 0 Å². The molecule has 33 heavy (non-hydrogen) atoms. The highest BCUT2D eigenvalue weighted by molar-refractivity contribution is 5.93. The van der Waals surface area contributed by atoms with Crippen LogP contribution in [0.15, 0.2) is 60.7 Å². The van der Waals surface area contributed by atoms with E-state index in [0.717, 1.165) is 35.7 Å². The first-order chi connectivity index (χ1) is 16.0. The molecule has 0 N–H and O–H groups in total. The Morgan fingerprint density at radius 2 is 1.64 bits per heavy atom. The Hall–Kier alpha value is -3.25. The van der Waals surface area contributed by atoms with Crippen molar-refractivity contribution >= 4 is 10.9 Å². The standard InChI is InChI=1S/C27H24F3NO2/c1-17-25-24(10-9-22(29)27(25)33-16-18-5-3-2-4-6-18)31(20-7-8-21(28)23(30)15-20)26(17)19-11-13-32-14-12-19/h2-10,15,19H,11-14,16H2,1H3. The van der Waals surface area contributed by atoms with Crippen LogP contribution in [0.1, 0.15) is 35.6 Å². The molecule has 5 rings (SSSR count). The molecular weight excluding hydrogens is 427 g/mol. The van der Waals surface area contributed by atoms with Gasteiger partial charge >= 0.3 is 0 Å². The Labute approximate surface area is 190 Å². The number of rotatable bonds is 5. The SMILES string of the molecule is Cc1c(C2CCOCC2)n(-c2ccc(F)c(F)c2)c2ccc(F)c(OCc3ccccc3)c12. The summed E-state index contributed by atoms with van der Waals surface area (Å²) in [5.74, 6) is -1.97. The van der Waals surface area contributed by atoms with Gasteiger partial charge in [-0.15, -0.1) is 0 Å². The molecule has 0 saturated carbocycles. The fourth-order valence-corrected chi connectivity index (χ4v) is 4.75. The highest BCUT2D eigenvalue weighted by Gasteiger charge is 2.28. The fraction of sp³-hybridized carbons (Fsp3) is 0.259. The average molecular weight is 451 g/mol. The van der Waals surface area contributed by atoms with Crippen molar-refractivity contribution in [2.75, 3.05) is 13.2 Å². The first kappa shape index (κ1) is 21.6. The highest BCUT2D eigenvalue weighted by Crippen LogP contribution is 2.42. The molecule has 4 aromatic rings. The van der Waals surface area contributed by atoms with Crippen molar-refractivity contribution in [2.45, 2.75) is 32.3 Å². The van der Waals surface area contributed by atoms with Crippen LogP contribution in [0.4, 0.5) is 13.2 Å². The Morgan fingerprint density at radius 3 is 2.36 bits per heavy atom. The lowest BCUT2D eigenvalue weighted by atomic mass is 9.93. The van der Waals surface area contributed by atoms with Gasteiger partial charge in [0.15, 0.2) is 23.2 Å². The summed E-state index contributed by atoms with van der Waals surface area (Å²) >= 11 is 0. The van der Waals surface area contributed by atoms with E-state index < -0.39 is 17.5 Å². The lowest BCUT2D eigenvalue weighted by Gasteiger charge is -2.25. The van der Waals surface area contributed by atoms with Gasteiger partial charge in [0.05, 0.1) is 5.52 Å². The predicted molar refractivity (Wildman–Crippen MR) is 121 cm³/mol. The second-order valence-corrected chi connectivity index (χ2v) is 8.38. The highest BCUT2D eigenvalue weighted by atomic mass is 19.2. The number of aryl methyl sites for hydroxylation is 1. The molecule has 0 radical (unpaired) electrons. The third-order valence-electron chi connectivity index (χ3n) is 6.32. The van der Waals surface area contributed by atoms with Gasteiger partial charge in [0.1, 0.15) is 6.61 Å². The van der Waals surface area contributed by atoms with Crippen LogP contribution in [0, 0.1) is 24.4 Å². The van der Waals surface area contributed by atoms with Crippen LogP contribution in [0.3, 0.4) is 0 Å². The molecule has 1 aliphatic heterocycles. The van der Waals surface area contributed by atoms with E-state index in [9.17, 15) is 8.78 Å². The second-order valence-electron chi connectivity index (χ2n) is 8.38. The predicted octanol–water partition coefficient (Wildman–Crippen LogP) is 6.83. The van der Waals surface area contributed by atoms with Gasteiger partial charge in [0, 0.05) is 42.0 Å². The minimum absolute atomic E-state index is 0.143. The molecule has 1 fully saturated rings. The van der Waals surface area contributed by atoms with Crippen LogP contribution in [-0.4, -0.2) is 17.8 Å². The molecule has 6 heteroatoms. The maximum Gasteiger partial charge on any atom is 0.165 e. The Kier molecular flexibility index (Phi) is 5.85. The normalized spacial score (nSPS) is 14.7. The Bertz CT molecular complexity index is 1290. The lowest BCUT2D eigenvalue weighted by Crippen LogP contribution is -2.17. The second kappa shape index (κ2) is 8.94. The van der Waals surface area contributed by atoms with E-state index in [4.69, 9.17) is 9.47 Å². The Morgan fingerprint density at radius 1 is 0.909 bits per heavy atom. The van der Waals surface area contributed by atoms with Gasteiger partial charge in [0.25, 0.3) is 0 Å². The zero-order valence-corrected chi connectivity index (χ0v) is 18.3. The molecule has 0 amide bonds. The summed E-state index contributed by atoms with van der Waals surface area (Å²) < 4.78 is 56.4. The largest absolute Gasteiger partial charge is 0.485 e. The van der Waals surface area contributed by atoms with Crippen LogP contribution in [0.2, 0.25) is 0 Å². The number of aromatic nitrogens is 1. The first-order valence-electron chi connectivity index (χ1n) is 11.1. The molecule has 0 spiro atoms. The summed E-state index contributed by atoms with van der Waals surface area (Å²) in [5, 5.41) is 0.650. The van der Waals surface area contributed by atoms with Gasteiger partial charge in [-0.3, -0.25) is 0 Å². The summed E-state index contributed by atoms with van der Waals surface area (Å²) in [6, 6.07) is 16.5. The summed E-state index contributed by atoms with van der Waals surface area (Å²) in [6.45, 7) is 3.40. The number of benzene rings is 3. The van der Waals surface area contributed by atoms with Gasteiger partial charge in [-0.1, -0.05) is 30.3 Å². The smallest absolute Gasteiger partial charge is 0.165 e. The third kappa shape index (κ3) is 4.00. The van der Waals surface area contributed by atoms with E-state index in [0.29, 0.717) is 29.8 Å². The van der Waals surface area contributed by atoms with Crippen molar-refractivity contribution in [3.8, 4) is 11.4 Å². The number of halogens is 3. The number of hydrogen-bond donors (Lipinski definition) is 0. The maximum absolute atomic E-state index is 15.0. The average Bonchev–Trinajstić information content (AvgIpc) is 3.14. The van der Waals surface area contributed by atoms with Crippen molar-refractivity contribution < 1.29 is 22.6 Å². The molecule has 170 valence electrons. The molecule has 0 aliphatic carbocycles. The minimum Gasteiger partial charge on any atom is -0.485 e. The number of fused-ring (bicyclic) bond motifs is 1. The molecule has 3 nitrogen and oxygen atoms in total. The van der Waals surface area contributed by atoms with Crippen molar-refractivity contribution in [1.82, 2.24) is 4.57 Å². The molecule has 1 saturated heterocycles. The monoisotopic (exact) mass is 451 g/mol.